The van der Waals surface area contributed by atoms with Crippen LogP contribution in [-0.4, -0.2) is 21.9 Å². The van der Waals surface area contributed by atoms with Crippen LogP contribution in [0.1, 0.15) is 0 Å². The lowest BCUT2D eigenvalue weighted by Gasteiger charge is -2.03. The van der Waals surface area contributed by atoms with Crippen LogP contribution in [0.2, 0.25) is 0 Å². The number of aromatic nitrogens is 3. The van der Waals surface area contributed by atoms with E-state index in [0.717, 1.165) is 21.9 Å². The summed E-state index contributed by atoms with van der Waals surface area (Å²) in [5.41, 5.74) is 2.25. The van der Waals surface area contributed by atoms with E-state index in [1.807, 2.05) is 31.7 Å². The quantitative estimate of drug-likeness (QED) is 0.690. The molecule has 0 unspecified atom stereocenters. The molecular formula is C14H13N3O. The van der Waals surface area contributed by atoms with Gasteiger partial charge in [-0.15, -0.1) is 0 Å². The summed E-state index contributed by atoms with van der Waals surface area (Å²) in [6.07, 6.45) is 5.68. The summed E-state index contributed by atoms with van der Waals surface area (Å²) in [5.74, 6) is 0.630. The number of methoxy groups -OCH3 is 1. The fourth-order valence-corrected chi connectivity index (χ4v) is 1.98. The van der Waals surface area contributed by atoms with E-state index in [4.69, 9.17) is 4.74 Å². The number of rotatable bonds is 2. The molecule has 4 heteroatoms. The minimum atomic E-state index is 0.630. The zero-order valence-electron chi connectivity index (χ0n) is 10.3. The lowest BCUT2D eigenvalue weighted by molar-refractivity contribution is 0.399. The van der Waals surface area contributed by atoms with Crippen LogP contribution in [0.25, 0.3) is 21.9 Å². The number of pyridine rings is 1. The number of aryl methyl sites for hydroxylation is 1. The first-order valence-corrected chi connectivity index (χ1v) is 5.69. The van der Waals surface area contributed by atoms with Crippen LogP contribution in [0.3, 0.4) is 0 Å². The normalized spacial score (nSPS) is 10.8. The minimum absolute atomic E-state index is 0.630. The van der Waals surface area contributed by atoms with Gasteiger partial charge in [-0.25, -0.2) is 4.98 Å². The molecule has 0 fully saturated rings. The van der Waals surface area contributed by atoms with E-state index < -0.39 is 0 Å². The summed E-state index contributed by atoms with van der Waals surface area (Å²) in [6, 6.07) is 8.20. The van der Waals surface area contributed by atoms with Crippen LogP contribution in [-0.2, 0) is 7.05 Å². The van der Waals surface area contributed by atoms with Gasteiger partial charge in [-0.05, 0) is 17.0 Å². The Morgan fingerprint density at radius 1 is 1.06 bits per heavy atom. The van der Waals surface area contributed by atoms with Crippen LogP contribution in [0.15, 0.2) is 42.9 Å². The Morgan fingerprint density at radius 2 is 1.94 bits per heavy atom. The van der Waals surface area contributed by atoms with Crippen molar-refractivity contribution in [1.29, 1.82) is 0 Å². The van der Waals surface area contributed by atoms with Gasteiger partial charge in [0.1, 0.15) is 0 Å². The number of hydrogen-bond acceptors (Lipinski definition) is 3. The molecule has 0 spiro atoms. The molecule has 1 aromatic carbocycles. The van der Waals surface area contributed by atoms with Crippen LogP contribution in [0.4, 0.5) is 0 Å². The lowest BCUT2D eigenvalue weighted by Crippen LogP contribution is -1.87. The Morgan fingerprint density at radius 3 is 2.67 bits per heavy atom. The zero-order valence-corrected chi connectivity index (χ0v) is 10.3. The fraction of sp³-hybridized carbons (Fsp3) is 0.143. The van der Waals surface area contributed by atoms with Gasteiger partial charge in [0, 0.05) is 36.5 Å². The molecule has 2 aromatic heterocycles. The molecule has 18 heavy (non-hydrogen) atoms. The van der Waals surface area contributed by atoms with Crippen molar-refractivity contribution in [3.8, 4) is 17.0 Å². The molecule has 0 atom stereocenters. The summed E-state index contributed by atoms with van der Waals surface area (Å²) >= 11 is 0. The maximum Gasteiger partial charge on any atom is 0.213 e. The van der Waals surface area contributed by atoms with Crippen LogP contribution < -0.4 is 4.74 Å². The molecule has 0 radical (unpaired) electrons. The van der Waals surface area contributed by atoms with Gasteiger partial charge < -0.3 is 4.74 Å². The first kappa shape index (κ1) is 10.8. The molecule has 0 aliphatic carbocycles. The summed E-state index contributed by atoms with van der Waals surface area (Å²) in [5, 5.41) is 6.40. The molecule has 0 aliphatic rings. The number of benzene rings is 1. The van der Waals surface area contributed by atoms with Gasteiger partial charge in [0.2, 0.25) is 5.88 Å². The summed E-state index contributed by atoms with van der Waals surface area (Å²) in [7, 11) is 3.54. The average Bonchev–Trinajstić information content (AvgIpc) is 2.84. The standard InChI is InChI=1S/C14H13N3O/c1-17-9-13(8-16-17)10-3-4-11-7-15-14(18-2)6-12(11)5-10/h3-9H,1-2H3. The maximum atomic E-state index is 5.14. The highest BCUT2D eigenvalue weighted by molar-refractivity contribution is 5.87. The van der Waals surface area contributed by atoms with Crippen molar-refractivity contribution in [1.82, 2.24) is 14.8 Å². The molecule has 3 aromatic rings. The topological polar surface area (TPSA) is 39.9 Å². The predicted molar refractivity (Wildman–Crippen MR) is 70.5 cm³/mol. The highest BCUT2D eigenvalue weighted by atomic mass is 16.5. The highest BCUT2D eigenvalue weighted by Crippen LogP contribution is 2.25. The summed E-state index contributed by atoms with van der Waals surface area (Å²) in [4.78, 5) is 4.19. The number of fused-ring (bicyclic) bond motifs is 1. The molecule has 2 heterocycles. The average molecular weight is 239 g/mol. The van der Waals surface area contributed by atoms with Crippen molar-refractivity contribution in [2.45, 2.75) is 0 Å². The van der Waals surface area contributed by atoms with Gasteiger partial charge in [0.25, 0.3) is 0 Å². The van der Waals surface area contributed by atoms with Crippen molar-refractivity contribution >= 4 is 10.8 Å². The molecule has 3 rings (SSSR count). The molecule has 0 saturated carbocycles. The highest BCUT2D eigenvalue weighted by Gasteiger charge is 2.03. The van der Waals surface area contributed by atoms with Gasteiger partial charge in [-0.2, -0.15) is 5.10 Å². The third-order valence-corrected chi connectivity index (χ3v) is 2.94. The first-order valence-electron chi connectivity index (χ1n) is 5.69. The molecule has 0 saturated heterocycles. The van der Waals surface area contributed by atoms with E-state index in [9.17, 15) is 0 Å². The third kappa shape index (κ3) is 1.82. The minimum Gasteiger partial charge on any atom is -0.481 e. The van der Waals surface area contributed by atoms with E-state index in [0.29, 0.717) is 5.88 Å². The van der Waals surface area contributed by atoms with Crippen molar-refractivity contribution in [2.24, 2.45) is 7.05 Å². The van der Waals surface area contributed by atoms with Gasteiger partial charge >= 0.3 is 0 Å². The zero-order chi connectivity index (χ0) is 12.5. The second-order valence-electron chi connectivity index (χ2n) is 4.19. The van der Waals surface area contributed by atoms with E-state index in [1.54, 1.807) is 11.8 Å². The molecule has 0 aliphatic heterocycles. The maximum absolute atomic E-state index is 5.14. The predicted octanol–water partition coefficient (Wildman–Crippen LogP) is 2.64. The van der Waals surface area contributed by atoms with E-state index >= 15 is 0 Å². The van der Waals surface area contributed by atoms with Crippen LogP contribution in [0.5, 0.6) is 5.88 Å². The second kappa shape index (κ2) is 4.14. The Kier molecular flexibility index (Phi) is 2.48. The fourth-order valence-electron chi connectivity index (χ4n) is 1.98. The molecule has 0 N–H and O–H groups in total. The van der Waals surface area contributed by atoms with Crippen molar-refractivity contribution < 1.29 is 4.74 Å². The second-order valence-corrected chi connectivity index (χ2v) is 4.19. The first-order chi connectivity index (χ1) is 8.76. The summed E-state index contributed by atoms with van der Waals surface area (Å²) < 4.78 is 6.94. The Hall–Kier alpha value is -2.36. The van der Waals surface area contributed by atoms with Gasteiger partial charge in [0.05, 0.1) is 13.3 Å². The molecular weight excluding hydrogens is 226 g/mol. The smallest absolute Gasteiger partial charge is 0.213 e. The Labute approximate surface area is 105 Å². The van der Waals surface area contributed by atoms with Crippen molar-refractivity contribution in [3.63, 3.8) is 0 Å². The number of nitrogens with zero attached hydrogens (tertiary/aromatic N) is 3. The Bertz CT molecular complexity index is 703. The van der Waals surface area contributed by atoms with Gasteiger partial charge in [-0.3, -0.25) is 4.68 Å². The van der Waals surface area contributed by atoms with E-state index in [2.05, 4.69) is 28.3 Å². The molecule has 0 amide bonds. The SMILES string of the molecule is COc1cc2cc(-c3cnn(C)c3)ccc2cn1. The molecule has 90 valence electrons. The van der Waals surface area contributed by atoms with Gasteiger partial charge in [-0.1, -0.05) is 12.1 Å². The number of ether oxygens (including phenoxy) is 1. The molecule has 4 nitrogen and oxygen atoms in total. The van der Waals surface area contributed by atoms with Gasteiger partial charge in [0.15, 0.2) is 0 Å². The Balaban J connectivity index is 2.14. The number of hydrogen-bond donors (Lipinski definition) is 0. The largest absolute Gasteiger partial charge is 0.481 e. The van der Waals surface area contributed by atoms with Crippen molar-refractivity contribution in [2.75, 3.05) is 7.11 Å². The van der Waals surface area contributed by atoms with E-state index in [1.165, 1.54) is 0 Å². The third-order valence-electron chi connectivity index (χ3n) is 2.94. The van der Waals surface area contributed by atoms with Crippen molar-refractivity contribution in [3.05, 3.63) is 42.9 Å². The monoisotopic (exact) mass is 239 g/mol. The lowest BCUT2D eigenvalue weighted by atomic mass is 10.1. The van der Waals surface area contributed by atoms with Crippen LogP contribution >= 0.6 is 0 Å². The molecule has 0 bridgehead atoms. The van der Waals surface area contributed by atoms with Crippen LogP contribution in [0, 0.1) is 0 Å². The van der Waals surface area contributed by atoms with E-state index in [-0.39, 0.29) is 0 Å². The summed E-state index contributed by atoms with van der Waals surface area (Å²) in [6.45, 7) is 0.